The number of hydrogen-bond acceptors (Lipinski definition) is 2. The first kappa shape index (κ1) is 13.3. The molecule has 1 aromatic heterocycles. The lowest BCUT2D eigenvalue weighted by Gasteiger charge is -2.24. The summed E-state index contributed by atoms with van der Waals surface area (Å²) in [6, 6.07) is 6.94. The molecule has 1 aliphatic carbocycles. The average Bonchev–Trinajstić information content (AvgIpc) is 2.82. The molecule has 3 nitrogen and oxygen atoms in total. The second-order valence-electron chi connectivity index (χ2n) is 5.72. The lowest BCUT2D eigenvalue weighted by molar-refractivity contribution is 0.386. The van der Waals surface area contributed by atoms with Crippen molar-refractivity contribution in [2.75, 3.05) is 0 Å². The van der Waals surface area contributed by atoms with E-state index in [-0.39, 0.29) is 5.82 Å². The largest absolute Gasteiger partial charge is 0.345 e. The second-order valence-corrected chi connectivity index (χ2v) is 5.72. The number of benzene rings is 1. The van der Waals surface area contributed by atoms with E-state index in [1.54, 1.807) is 6.07 Å². The Labute approximate surface area is 118 Å². The van der Waals surface area contributed by atoms with Crippen molar-refractivity contribution >= 4 is 0 Å². The van der Waals surface area contributed by atoms with Gasteiger partial charge in [0.2, 0.25) is 0 Å². The molecule has 0 bridgehead atoms. The zero-order valence-corrected chi connectivity index (χ0v) is 11.7. The number of nitrogens with one attached hydrogen (secondary N) is 1. The van der Waals surface area contributed by atoms with Crippen LogP contribution in [0.3, 0.4) is 0 Å². The van der Waals surface area contributed by atoms with Gasteiger partial charge >= 0.3 is 0 Å². The normalized spacial score (nSPS) is 22.9. The van der Waals surface area contributed by atoms with Crippen LogP contribution >= 0.6 is 0 Å². The van der Waals surface area contributed by atoms with Gasteiger partial charge in [0, 0.05) is 23.2 Å². The Morgan fingerprint density at radius 1 is 1.25 bits per heavy atom. The van der Waals surface area contributed by atoms with Crippen molar-refractivity contribution in [3.63, 3.8) is 0 Å². The van der Waals surface area contributed by atoms with Crippen LogP contribution in [0.25, 0.3) is 11.3 Å². The molecule has 1 heterocycles. The van der Waals surface area contributed by atoms with Crippen molar-refractivity contribution in [3.05, 3.63) is 41.6 Å². The number of aryl methyl sites for hydroxylation is 1. The fourth-order valence-corrected chi connectivity index (χ4v) is 2.99. The fourth-order valence-electron chi connectivity index (χ4n) is 2.99. The van der Waals surface area contributed by atoms with Gasteiger partial charge in [-0.15, -0.1) is 0 Å². The highest BCUT2D eigenvalue weighted by Crippen LogP contribution is 2.33. The minimum atomic E-state index is -0.227. The van der Waals surface area contributed by atoms with Crippen LogP contribution in [-0.4, -0.2) is 16.0 Å². The van der Waals surface area contributed by atoms with Crippen molar-refractivity contribution in [2.24, 2.45) is 5.73 Å². The molecule has 2 aromatic rings. The molecule has 0 atom stereocenters. The average molecular weight is 273 g/mol. The maximum atomic E-state index is 13.3. The van der Waals surface area contributed by atoms with Crippen molar-refractivity contribution < 1.29 is 4.39 Å². The topological polar surface area (TPSA) is 54.7 Å². The smallest absolute Gasteiger partial charge is 0.123 e. The Bertz CT molecular complexity index is 598. The summed E-state index contributed by atoms with van der Waals surface area (Å²) in [7, 11) is 0. The van der Waals surface area contributed by atoms with Gasteiger partial charge in [-0.1, -0.05) is 12.1 Å². The number of nitrogens with zero attached hydrogens (tertiary/aromatic N) is 1. The van der Waals surface area contributed by atoms with Crippen LogP contribution in [0.5, 0.6) is 0 Å². The van der Waals surface area contributed by atoms with Crippen LogP contribution < -0.4 is 5.73 Å². The van der Waals surface area contributed by atoms with Crippen molar-refractivity contribution in [3.8, 4) is 11.3 Å². The molecule has 1 aromatic carbocycles. The summed E-state index contributed by atoms with van der Waals surface area (Å²) < 4.78 is 13.3. The SMILES string of the molecule is Cc1[nH]c(C2CCC(N)CC2)nc1-c1cccc(F)c1. The number of nitrogens with two attached hydrogens (primary N) is 1. The van der Waals surface area contributed by atoms with Crippen LogP contribution in [0.2, 0.25) is 0 Å². The minimum Gasteiger partial charge on any atom is -0.345 e. The Morgan fingerprint density at radius 3 is 2.70 bits per heavy atom. The van der Waals surface area contributed by atoms with E-state index in [0.717, 1.165) is 48.5 Å². The summed E-state index contributed by atoms with van der Waals surface area (Å²) in [6.45, 7) is 1.99. The summed E-state index contributed by atoms with van der Waals surface area (Å²) in [6.07, 6.45) is 4.27. The zero-order valence-electron chi connectivity index (χ0n) is 11.7. The first-order valence-corrected chi connectivity index (χ1v) is 7.21. The number of rotatable bonds is 2. The fraction of sp³-hybridized carbons (Fsp3) is 0.438. The molecule has 0 aliphatic heterocycles. The quantitative estimate of drug-likeness (QED) is 0.879. The monoisotopic (exact) mass is 273 g/mol. The summed E-state index contributed by atoms with van der Waals surface area (Å²) in [5.41, 5.74) is 8.63. The molecule has 0 amide bonds. The van der Waals surface area contributed by atoms with E-state index < -0.39 is 0 Å². The van der Waals surface area contributed by atoms with Crippen LogP contribution in [-0.2, 0) is 0 Å². The molecule has 106 valence electrons. The lowest BCUT2D eigenvalue weighted by atomic mass is 9.86. The summed E-state index contributed by atoms with van der Waals surface area (Å²) in [5.74, 6) is 1.25. The zero-order chi connectivity index (χ0) is 14.1. The molecule has 20 heavy (non-hydrogen) atoms. The van der Waals surface area contributed by atoms with Crippen molar-refractivity contribution in [2.45, 2.75) is 44.6 Å². The van der Waals surface area contributed by atoms with Gasteiger partial charge in [0.25, 0.3) is 0 Å². The third-order valence-electron chi connectivity index (χ3n) is 4.16. The lowest BCUT2D eigenvalue weighted by Crippen LogP contribution is -2.26. The number of aromatic nitrogens is 2. The van der Waals surface area contributed by atoms with E-state index in [0.29, 0.717) is 12.0 Å². The Balaban J connectivity index is 1.87. The number of hydrogen-bond donors (Lipinski definition) is 2. The minimum absolute atomic E-state index is 0.227. The van der Waals surface area contributed by atoms with Gasteiger partial charge in [-0.3, -0.25) is 0 Å². The van der Waals surface area contributed by atoms with E-state index in [1.165, 1.54) is 12.1 Å². The molecule has 0 radical (unpaired) electrons. The number of H-pyrrole nitrogens is 1. The Morgan fingerprint density at radius 2 is 2.00 bits per heavy atom. The molecule has 1 saturated carbocycles. The predicted molar refractivity (Wildman–Crippen MR) is 77.9 cm³/mol. The van der Waals surface area contributed by atoms with Gasteiger partial charge in [0.15, 0.2) is 0 Å². The maximum absolute atomic E-state index is 13.3. The van der Waals surface area contributed by atoms with Gasteiger partial charge < -0.3 is 10.7 Å². The number of aromatic amines is 1. The Hall–Kier alpha value is -1.68. The van der Waals surface area contributed by atoms with Crippen LogP contribution in [0, 0.1) is 12.7 Å². The molecule has 0 saturated heterocycles. The highest BCUT2D eigenvalue weighted by atomic mass is 19.1. The third kappa shape index (κ3) is 2.61. The second kappa shape index (κ2) is 5.37. The van der Waals surface area contributed by atoms with Gasteiger partial charge in [-0.2, -0.15) is 0 Å². The van der Waals surface area contributed by atoms with Crippen LogP contribution in [0.15, 0.2) is 24.3 Å². The standard InChI is InChI=1S/C16H20FN3/c1-10-15(12-3-2-4-13(17)9-12)20-16(19-10)11-5-7-14(18)8-6-11/h2-4,9,11,14H,5-8,18H2,1H3,(H,19,20). The summed E-state index contributed by atoms with van der Waals surface area (Å²) >= 11 is 0. The van der Waals surface area contributed by atoms with E-state index >= 15 is 0 Å². The van der Waals surface area contributed by atoms with Crippen LogP contribution in [0.1, 0.15) is 43.1 Å². The van der Waals surface area contributed by atoms with E-state index in [9.17, 15) is 4.39 Å². The predicted octanol–water partition coefficient (Wildman–Crippen LogP) is 3.51. The molecule has 1 aliphatic rings. The van der Waals surface area contributed by atoms with Crippen molar-refractivity contribution in [1.82, 2.24) is 9.97 Å². The molecule has 1 fully saturated rings. The van der Waals surface area contributed by atoms with E-state index in [1.807, 2.05) is 13.0 Å². The molecule has 0 spiro atoms. The molecular formula is C16H20FN3. The van der Waals surface area contributed by atoms with Gasteiger partial charge in [0.05, 0.1) is 5.69 Å². The molecule has 3 rings (SSSR count). The van der Waals surface area contributed by atoms with E-state index in [4.69, 9.17) is 10.7 Å². The molecular weight excluding hydrogens is 253 g/mol. The molecule has 3 N–H and O–H groups in total. The van der Waals surface area contributed by atoms with E-state index in [2.05, 4.69) is 4.98 Å². The molecule has 0 unspecified atom stereocenters. The van der Waals surface area contributed by atoms with Crippen molar-refractivity contribution in [1.29, 1.82) is 0 Å². The maximum Gasteiger partial charge on any atom is 0.123 e. The number of halogens is 1. The highest BCUT2D eigenvalue weighted by Gasteiger charge is 2.23. The van der Waals surface area contributed by atoms with Gasteiger partial charge in [-0.25, -0.2) is 9.37 Å². The van der Waals surface area contributed by atoms with Crippen LogP contribution in [0.4, 0.5) is 4.39 Å². The highest BCUT2D eigenvalue weighted by molar-refractivity contribution is 5.61. The first-order valence-electron chi connectivity index (χ1n) is 7.21. The summed E-state index contributed by atoms with van der Waals surface area (Å²) in [5, 5.41) is 0. The summed E-state index contributed by atoms with van der Waals surface area (Å²) in [4.78, 5) is 8.08. The third-order valence-corrected chi connectivity index (χ3v) is 4.16. The Kier molecular flexibility index (Phi) is 3.57. The first-order chi connectivity index (χ1) is 9.63. The number of imidazole rings is 1. The van der Waals surface area contributed by atoms with Gasteiger partial charge in [-0.05, 0) is 44.7 Å². The van der Waals surface area contributed by atoms with Gasteiger partial charge in [0.1, 0.15) is 11.6 Å². The molecule has 4 heteroatoms.